The zero-order valence-electron chi connectivity index (χ0n) is 16.9. The van der Waals surface area contributed by atoms with Gasteiger partial charge in [0.25, 0.3) is 0 Å². The van der Waals surface area contributed by atoms with Gasteiger partial charge in [-0.25, -0.2) is 19.3 Å². The SMILES string of the molecule is Cc1cc(-c2cnn(CC3(F)CCCC3)c2)c(-c2cnc3c(c2)ncn3C)nc1Cl. The molecule has 1 saturated carbocycles. The summed E-state index contributed by atoms with van der Waals surface area (Å²) >= 11 is 6.36. The average Bonchev–Trinajstić information content (AvgIpc) is 3.45. The normalized spacial score (nSPS) is 15.9. The van der Waals surface area contributed by atoms with Crippen LogP contribution < -0.4 is 0 Å². The Morgan fingerprint density at radius 3 is 2.73 bits per heavy atom. The van der Waals surface area contributed by atoms with Crippen LogP contribution in [0.15, 0.2) is 37.1 Å². The monoisotopic (exact) mass is 424 g/mol. The van der Waals surface area contributed by atoms with E-state index in [1.807, 2.05) is 36.9 Å². The molecule has 154 valence electrons. The van der Waals surface area contributed by atoms with Crippen LogP contribution in [-0.4, -0.2) is 35.0 Å². The molecule has 8 heteroatoms. The molecule has 0 radical (unpaired) electrons. The van der Waals surface area contributed by atoms with Crippen LogP contribution in [0.1, 0.15) is 31.2 Å². The predicted molar refractivity (Wildman–Crippen MR) is 115 cm³/mol. The van der Waals surface area contributed by atoms with Crippen LogP contribution in [-0.2, 0) is 13.6 Å². The molecule has 1 aliphatic carbocycles. The lowest BCUT2D eigenvalue weighted by Gasteiger charge is -2.18. The van der Waals surface area contributed by atoms with E-state index in [0.29, 0.717) is 23.7 Å². The fourth-order valence-electron chi connectivity index (χ4n) is 4.22. The van der Waals surface area contributed by atoms with Crippen LogP contribution in [0.25, 0.3) is 33.5 Å². The first-order valence-electron chi connectivity index (χ1n) is 10.1. The van der Waals surface area contributed by atoms with Gasteiger partial charge in [-0.2, -0.15) is 5.10 Å². The summed E-state index contributed by atoms with van der Waals surface area (Å²) in [7, 11) is 1.91. The summed E-state index contributed by atoms with van der Waals surface area (Å²) in [5.41, 5.74) is 4.60. The molecule has 30 heavy (non-hydrogen) atoms. The molecule has 5 rings (SSSR count). The Balaban J connectivity index is 1.57. The van der Waals surface area contributed by atoms with E-state index in [2.05, 4.69) is 20.1 Å². The van der Waals surface area contributed by atoms with Gasteiger partial charge in [0.15, 0.2) is 5.65 Å². The van der Waals surface area contributed by atoms with Crippen molar-refractivity contribution in [3.8, 4) is 22.4 Å². The summed E-state index contributed by atoms with van der Waals surface area (Å²) in [5.74, 6) is 0. The lowest BCUT2D eigenvalue weighted by Crippen LogP contribution is -2.25. The van der Waals surface area contributed by atoms with Crippen molar-refractivity contribution in [2.24, 2.45) is 7.05 Å². The number of aryl methyl sites for hydroxylation is 2. The van der Waals surface area contributed by atoms with E-state index >= 15 is 0 Å². The number of imidazole rings is 1. The van der Waals surface area contributed by atoms with Crippen LogP contribution in [0.4, 0.5) is 4.39 Å². The third-order valence-corrected chi connectivity index (χ3v) is 6.25. The van der Waals surface area contributed by atoms with Gasteiger partial charge in [-0.05, 0) is 37.5 Å². The molecule has 4 heterocycles. The van der Waals surface area contributed by atoms with Crippen molar-refractivity contribution in [3.05, 3.63) is 47.8 Å². The minimum absolute atomic E-state index is 0.282. The van der Waals surface area contributed by atoms with Crippen molar-refractivity contribution < 1.29 is 4.39 Å². The summed E-state index contributed by atoms with van der Waals surface area (Å²) in [5, 5.41) is 4.87. The van der Waals surface area contributed by atoms with Gasteiger partial charge < -0.3 is 4.57 Å². The fraction of sp³-hybridized carbons (Fsp3) is 0.364. The predicted octanol–water partition coefficient (Wildman–Crippen LogP) is 5.14. The number of pyridine rings is 2. The Morgan fingerprint density at radius 2 is 1.93 bits per heavy atom. The first-order chi connectivity index (χ1) is 14.4. The highest BCUT2D eigenvalue weighted by Gasteiger charge is 2.34. The van der Waals surface area contributed by atoms with Crippen molar-refractivity contribution >= 4 is 22.8 Å². The smallest absolute Gasteiger partial charge is 0.159 e. The Morgan fingerprint density at radius 1 is 1.13 bits per heavy atom. The number of hydrogen-bond donors (Lipinski definition) is 0. The van der Waals surface area contributed by atoms with Crippen LogP contribution in [0, 0.1) is 6.92 Å². The first-order valence-corrected chi connectivity index (χ1v) is 10.5. The molecule has 6 nitrogen and oxygen atoms in total. The quantitative estimate of drug-likeness (QED) is 0.425. The lowest BCUT2D eigenvalue weighted by atomic mass is 10.0. The van der Waals surface area contributed by atoms with E-state index < -0.39 is 5.67 Å². The lowest BCUT2D eigenvalue weighted by molar-refractivity contribution is 0.139. The van der Waals surface area contributed by atoms with Crippen molar-refractivity contribution in [2.45, 2.75) is 44.8 Å². The van der Waals surface area contributed by atoms with Crippen LogP contribution >= 0.6 is 11.6 Å². The van der Waals surface area contributed by atoms with Crippen molar-refractivity contribution in [3.63, 3.8) is 0 Å². The van der Waals surface area contributed by atoms with Gasteiger partial charge >= 0.3 is 0 Å². The van der Waals surface area contributed by atoms with Crippen molar-refractivity contribution in [1.29, 1.82) is 0 Å². The molecule has 0 atom stereocenters. The molecule has 0 spiro atoms. The second-order valence-electron chi connectivity index (χ2n) is 8.20. The Hall–Kier alpha value is -2.80. The molecule has 1 fully saturated rings. The van der Waals surface area contributed by atoms with E-state index in [4.69, 9.17) is 11.6 Å². The van der Waals surface area contributed by atoms with Crippen LogP contribution in [0.2, 0.25) is 5.15 Å². The van der Waals surface area contributed by atoms with Gasteiger partial charge in [-0.3, -0.25) is 4.68 Å². The van der Waals surface area contributed by atoms with E-state index in [-0.39, 0.29) is 6.54 Å². The molecular formula is C22H22ClFN6. The van der Waals surface area contributed by atoms with Gasteiger partial charge in [-0.1, -0.05) is 24.4 Å². The van der Waals surface area contributed by atoms with Gasteiger partial charge in [0.05, 0.1) is 24.8 Å². The summed E-state index contributed by atoms with van der Waals surface area (Å²) in [6.07, 6.45) is 10.3. The maximum atomic E-state index is 14.9. The summed E-state index contributed by atoms with van der Waals surface area (Å²) in [6.45, 7) is 2.20. The maximum Gasteiger partial charge on any atom is 0.159 e. The maximum absolute atomic E-state index is 14.9. The number of nitrogens with zero attached hydrogens (tertiary/aromatic N) is 6. The van der Waals surface area contributed by atoms with E-state index in [1.54, 1.807) is 23.4 Å². The molecule has 0 amide bonds. The van der Waals surface area contributed by atoms with Gasteiger partial charge in [0, 0.05) is 36.1 Å². The topological polar surface area (TPSA) is 61.4 Å². The average molecular weight is 425 g/mol. The van der Waals surface area contributed by atoms with Crippen molar-refractivity contribution in [2.75, 3.05) is 0 Å². The number of rotatable bonds is 4. The molecule has 0 saturated heterocycles. The Labute approximate surface area is 178 Å². The number of fused-ring (bicyclic) bond motifs is 1. The van der Waals surface area contributed by atoms with E-state index in [1.165, 1.54) is 0 Å². The molecule has 4 aromatic heterocycles. The summed E-state index contributed by atoms with van der Waals surface area (Å²) < 4.78 is 18.5. The fourth-order valence-corrected chi connectivity index (χ4v) is 4.36. The number of hydrogen-bond acceptors (Lipinski definition) is 4. The van der Waals surface area contributed by atoms with E-state index in [9.17, 15) is 4.39 Å². The molecule has 1 aliphatic rings. The molecule has 0 N–H and O–H groups in total. The standard InChI is InChI=1S/C22H22ClFN6/c1-14-7-17(16-10-27-30(11-16)12-22(24)5-3-4-6-22)19(28-20(14)23)15-8-18-21(25-9-15)29(2)13-26-18/h7-11,13H,3-6,12H2,1-2H3. The molecule has 4 aromatic rings. The minimum atomic E-state index is -1.16. The molecule has 0 bridgehead atoms. The second kappa shape index (κ2) is 7.16. The van der Waals surface area contributed by atoms with Crippen LogP contribution in [0.5, 0.6) is 0 Å². The highest BCUT2D eigenvalue weighted by atomic mass is 35.5. The largest absolute Gasteiger partial charge is 0.318 e. The highest BCUT2D eigenvalue weighted by molar-refractivity contribution is 6.30. The van der Waals surface area contributed by atoms with Gasteiger partial charge in [-0.15, -0.1) is 0 Å². The Bertz CT molecular complexity index is 1240. The second-order valence-corrected chi connectivity index (χ2v) is 8.56. The molecule has 0 aromatic carbocycles. The summed E-state index contributed by atoms with van der Waals surface area (Å²) in [6, 6.07) is 3.95. The van der Waals surface area contributed by atoms with Gasteiger partial charge in [0.2, 0.25) is 0 Å². The number of aromatic nitrogens is 6. The molecule has 0 unspecified atom stereocenters. The Kier molecular flexibility index (Phi) is 4.58. The van der Waals surface area contributed by atoms with Gasteiger partial charge in [0.1, 0.15) is 16.3 Å². The minimum Gasteiger partial charge on any atom is -0.318 e. The third kappa shape index (κ3) is 3.37. The zero-order valence-corrected chi connectivity index (χ0v) is 17.7. The molecule has 0 aliphatic heterocycles. The third-order valence-electron chi connectivity index (χ3n) is 5.87. The first kappa shape index (κ1) is 19.2. The van der Waals surface area contributed by atoms with Crippen LogP contribution in [0.3, 0.4) is 0 Å². The molecular weight excluding hydrogens is 403 g/mol. The summed E-state index contributed by atoms with van der Waals surface area (Å²) in [4.78, 5) is 13.6. The number of alkyl halides is 1. The zero-order chi connectivity index (χ0) is 20.9. The number of halogens is 2. The van der Waals surface area contributed by atoms with Crippen molar-refractivity contribution in [1.82, 2.24) is 29.3 Å². The van der Waals surface area contributed by atoms with E-state index in [0.717, 1.165) is 46.3 Å². The highest BCUT2D eigenvalue weighted by Crippen LogP contribution is 2.37.